The molecule has 4 nitrogen and oxygen atoms in total. The van der Waals surface area contributed by atoms with Crippen molar-refractivity contribution < 1.29 is 14.4 Å². The van der Waals surface area contributed by atoms with Crippen molar-refractivity contribution in [3.05, 3.63) is 76.9 Å². The van der Waals surface area contributed by atoms with Gasteiger partial charge in [-0.15, -0.1) is 0 Å². The van der Waals surface area contributed by atoms with Crippen LogP contribution in [0, 0.1) is 13.8 Å². The summed E-state index contributed by atoms with van der Waals surface area (Å²) >= 11 is 0. The van der Waals surface area contributed by atoms with E-state index in [2.05, 4.69) is 49.5 Å². The van der Waals surface area contributed by atoms with Gasteiger partial charge in [-0.25, -0.2) is 0 Å². The molecule has 0 aliphatic carbocycles. The molecular weight excluding hydrogens is 336 g/mol. The minimum absolute atomic E-state index is 0.00674. The van der Waals surface area contributed by atoms with E-state index in [-0.39, 0.29) is 11.9 Å². The first-order valence-electron chi connectivity index (χ1n) is 9.64. The highest BCUT2D eigenvalue weighted by atomic mass is 16.5. The summed E-state index contributed by atoms with van der Waals surface area (Å²) in [6.45, 7) is 8.54. The lowest BCUT2D eigenvalue weighted by Crippen LogP contribution is -3.14. The minimum atomic E-state index is -0.0588. The average Bonchev–Trinajstić information content (AvgIpc) is 2.68. The Balaban J connectivity index is 1.70. The van der Waals surface area contributed by atoms with Crippen LogP contribution in [0.5, 0.6) is 0 Å². The third-order valence-electron chi connectivity index (χ3n) is 5.09. The maximum Gasteiger partial charge on any atom is 0.244 e. The summed E-state index contributed by atoms with van der Waals surface area (Å²) in [5, 5.41) is 3.20. The molecule has 1 saturated heterocycles. The van der Waals surface area contributed by atoms with Crippen molar-refractivity contribution >= 4 is 12.0 Å². The third kappa shape index (κ3) is 5.78. The van der Waals surface area contributed by atoms with E-state index in [1.54, 1.807) is 6.08 Å². The molecular formula is C23H29N2O2+. The van der Waals surface area contributed by atoms with E-state index >= 15 is 0 Å². The fourth-order valence-electron chi connectivity index (χ4n) is 3.36. The zero-order chi connectivity index (χ0) is 19.1. The number of morpholine rings is 1. The van der Waals surface area contributed by atoms with E-state index in [1.165, 1.54) is 10.5 Å². The number of carbonyl (C=O) groups is 1. The molecule has 0 spiro atoms. The zero-order valence-corrected chi connectivity index (χ0v) is 16.2. The van der Waals surface area contributed by atoms with E-state index in [0.717, 1.165) is 49.5 Å². The van der Waals surface area contributed by atoms with Crippen LogP contribution in [0.1, 0.15) is 28.3 Å². The molecule has 142 valence electrons. The molecule has 3 rings (SSSR count). The van der Waals surface area contributed by atoms with Crippen LogP contribution in [-0.4, -0.2) is 38.8 Å². The Bertz CT molecular complexity index is 777. The lowest BCUT2D eigenvalue weighted by molar-refractivity contribution is -0.909. The zero-order valence-electron chi connectivity index (χ0n) is 16.2. The Kier molecular flexibility index (Phi) is 6.80. The van der Waals surface area contributed by atoms with E-state index in [0.29, 0.717) is 0 Å². The molecule has 1 heterocycles. The van der Waals surface area contributed by atoms with Gasteiger partial charge in [-0.05, 0) is 36.6 Å². The lowest BCUT2D eigenvalue weighted by atomic mass is 10.0. The molecule has 1 amide bonds. The monoisotopic (exact) mass is 365 g/mol. The number of quaternary nitrogens is 1. The Labute approximate surface area is 161 Å². The van der Waals surface area contributed by atoms with Crippen LogP contribution in [0.4, 0.5) is 0 Å². The van der Waals surface area contributed by atoms with Gasteiger partial charge in [0.25, 0.3) is 0 Å². The van der Waals surface area contributed by atoms with Crippen LogP contribution < -0.4 is 10.2 Å². The van der Waals surface area contributed by atoms with Gasteiger partial charge in [0.2, 0.25) is 5.91 Å². The summed E-state index contributed by atoms with van der Waals surface area (Å²) in [5.74, 6) is -0.0588. The van der Waals surface area contributed by atoms with Crippen molar-refractivity contribution in [3.63, 3.8) is 0 Å². The topological polar surface area (TPSA) is 42.8 Å². The molecule has 1 atom stereocenters. The fraction of sp³-hybridized carbons (Fsp3) is 0.348. The minimum Gasteiger partial charge on any atom is -0.370 e. The highest BCUT2D eigenvalue weighted by Gasteiger charge is 2.22. The van der Waals surface area contributed by atoms with Crippen LogP contribution in [0.25, 0.3) is 6.08 Å². The third-order valence-corrected chi connectivity index (χ3v) is 5.09. The second-order valence-electron chi connectivity index (χ2n) is 7.23. The van der Waals surface area contributed by atoms with Gasteiger partial charge in [-0.1, -0.05) is 54.1 Å². The van der Waals surface area contributed by atoms with Crippen molar-refractivity contribution in [2.45, 2.75) is 19.9 Å². The van der Waals surface area contributed by atoms with Crippen molar-refractivity contribution in [1.29, 1.82) is 0 Å². The highest BCUT2D eigenvalue weighted by molar-refractivity contribution is 5.92. The van der Waals surface area contributed by atoms with Gasteiger partial charge in [0.15, 0.2) is 0 Å². The van der Waals surface area contributed by atoms with Crippen molar-refractivity contribution in [1.82, 2.24) is 5.32 Å². The molecule has 2 N–H and O–H groups in total. The predicted octanol–water partition coefficient (Wildman–Crippen LogP) is 2.09. The van der Waals surface area contributed by atoms with Crippen LogP contribution in [-0.2, 0) is 9.53 Å². The van der Waals surface area contributed by atoms with Crippen molar-refractivity contribution in [2.75, 3.05) is 32.8 Å². The summed E-state index contributed by atoms with van der Waals surface area (Å²) in [4.78, 5) is 14.1. The van der Waals surface area contributed by atoms with Crippen LogP contribution in [0.15, 0.2) is 54.6 Å². The number of ether oxygens (including phenoxy) is 1. The molecule has 2 aromatic carbocycles. The van der Waals surface area contributed by atoms with Crippen molar-refractivity contribution in [2.24, 2.45) is 0 Å². The van der Waals surface area contributed by atoms with Crippen LogP contribution in [0.3, 0.4) is 0 Å². The molecule has 4 heteroatoms. The molecule has 2 aromatic rings. The van der Waals surface area contributed by atoms with Gasteiger partial charge in [-0.2, -0.15) is 0 Å². The largest absolute Gasteiger partial charge is 0.370 e. The Morgan fingerprint density at radius 3 is 2.52 bits per heavy atom. The normalized spacial score (nSPS) is 16.4. The standard InChI is InChI=1S/C23H28N2O2/c1-18-7-9-21(10-8-18)22(17-25-13-15-27-16-14-25)24-23(26)12-11-20-6-4-3-5-19(20)2/h3-12,22H,13-17H2,1-2H3,(H,24,26)/p+1/b12-11+/t22-/m1/s1. The maximum atomic E-state index is 12.6. The first-order valence-corrected chi connectivity index (χ1v) is 9.64. The van der Waals surface area contributed by atoms with Gasteiger partial charge in [0.1, 0.15) is 25.7 Å². The summed E-state index contributed by atoms with van der Waals surface area (Å²) < 4.78 is 5.46. The van der Waals surface area contributed by atoms with E-state index in [1.807, 2.05) is 24.3 Å². The highest BCUT2D eigenvalue weighted by Crippen LogP contribution is 2.13. The Morgan fingerprint density at radius 1 is 1.11 bits per heavy atom. The van der Waals surface area contributed by atoms with Crippen LogP contribution in [0.2, 0.25) is 0 Å². The molecule has 1 fully saturated rings. The van der Waals surface area contributed by atoms with E-state index in [9.17, 15) is 4.79 Å². The van der Waals surface area contributed by atoms with Crippen LogP contribution >= 0.6 is 0 Å². The number of benzene rings is 2. The number of hydrogen-bond acceptors (Lipinski definition) is 2. The van der Waals surface area contributed by atoms with Crippen molar-refractivity contribution in [3.8, 4) is 0 Å². The number of aryl methyl sites for hydroxylation is 2. The quantitative estimate of drug-likeness (QED) is 0.770. The fourth-order valence-corrected chi connectivity index (χ4v) is 3.36. The maximum absolute atomic E-state index is 12.6. The number of rotatable bonds is 6. The van der Waals surface area contributed by atoms with Gasteiger partial charge in [0.05, 0.1) is 13.2 Å². The first kappa shape index (κ1) is 19.3. The summed E-state index contributed by atoms with van der Waals surface area (Å²) in [7, 11) is 0. The summed E-state index contributed by atoms with van der Waals surface area (Å²) in [5.41, 5.74) is 4.60. The first-order chi connectivity index (χ1) is 13.1. The number of hydrogen-bond donors (Lipinski definition) is 2. The Hall–Kier alpha value is -2.43. The average molecular weight is 365 g/mol. The van der Waals surface area contributed by atoms with Gasteiger partial charge in [-0.3, -0.25) is 4.79 Å². The lowest BCUT2D eigenvalue weighted by Gasteiger charge is -2.28. The smallest absolute Gasteiger partial charge is 0.244 e. The molecule has 0 aromatic heterocycles. The molecule has 0 radical (unpaired) electrons. The number of amides is 1. The second kappa shape index (κ2) is 9.49. The van der Waals surface area contributed by atoms with Gasteiger partial charge in [0, 0.05) is 6.08 Å². The molecule has 0 unspecified atom stereocenters. The van der Waals surface area contributed by atoms with Gasteiger partial charge >= 0.3 is 0 Å². The van der Waals surface area contributed by atoms with E-state index < -0.39 is 0 Å². The van der Waals surface area contributed by atoms with E-state index in [4.69, 9.17) is 4.74 Å². The molecule has 1 aliphatic heterocycles. The number of carbonyl (C=O) groups excluding carboxylic acids is 1. The predicted molar refractivity (Wildman–Crippen MR) is 109 cm³/mol. The molecule has 0 saturated carbocycles. The van der Waals surface area contributed by atoms with Gasteiger partial charge < -0.3 is 15.0 Å². The second-order valence-corrected chi connectivity index (χ2v) is 7.23. The molecule has 0 bridgehead atoms. The summed E-state index contributed by atoms with van der Waals surface area (Å²) in [6.07, 6.45) is 3.52. The number of nitrogens with one attached hydrogen (secondary N) is 2. The molecule has 27 heavy (non-hydrogen) atoms. The summed E-state index contributed by atoms with van der Waals surface area (Å²) in [6, 6.07) is 16.5. The SMILES string of the molecule is Cc1ccc([C@@H](C[NH+]2CCOCC2)NC(=O)/C=C/c2ccccc2C)cc1. The Morgan fingerprint density at radius 2 is 1.81 bits per heavy atom. The molecule has 1 aliphatic rings.